The molecule has 1 aliphatic heterocycles. The van der Waals surface area contributed by atoms with Gasteiger partial charge in [-0.25, -0.2) is 0 Å². The van der Waals surface area contributed by atoms with Crippen molar-refractivity contribution in [3.05, 3.63) is 89.5 Å². The Balaban J connectivity index is 1.37. The molecule has 0 unspecified atom stereocenters. The summed E-state index contributed by atoms with van der Waals surface area (Å²) >= 11 is 0. The standard InChI is InChI=1S/C46H68N4O5/c1-3-5-7-9-11-17-30-50(31-18-12-10-8-6-4-2)34-40-33-43(37-28-26-36(35-51)27-29-37)55-46(54-40)38-20-19-21-39(32-38)48-44(52)24-15-16-25-45(53)49-42-23-14-13-22-41(42)47/h13-14,19-23,26-29,32,40,43,46,51H,3-12,15-18,24-25,30-31,33-35,47H2,1-2H3,(H,48,52)(H,49,53)/t40-,43+,46+/m1/s1. The smallest absolute Gasteiger partial charge is 0.224 e. The molecule has 2 amide bonds. The zero-order chi connectivity index (χ0) is 39.1. The SMILES string of the molecule is CCCCCCCCN(CCCCCCCC)C[C@H]1C[C@@H](c2ccc(CO)cc2)O[C@@H](c2cccc(NC(=O)CCCCC(=O)Nc3ccccc3N)c2)O1. The minimum absolute atomic E-state index is 0.00364. The van der Waals surface area contributed by atoms with Crippen molar-refractivity contribution < 1.29 is 24.2 Å². The number of aliphatic hydroxyl groups is 1. The number of anilines is 3. The first-order chi connectivity index (χ1) is 26.9. The van der Waals surface area contributed by atoms with Gasteiger partial charge in [0.2, 0.25) is 11.8 Å². The Labute approximate surface area is 330 Å². The van der Waals surface area contributed by atoms with Crippen molar-refractivity contribution in [3.8, 4) is 0 Å². The van der Waals surface area contributed by atoms with E-state index in [9.17, 15) is 14.7 Å². The van der Waals surface area contributed by atoms with Crippen molar-refractivity contribution in [2.45, 2.75) is 148 Å². The number of benzene rings is 3. The Morgan fingerprint density at radius 1 is 0.709 bits per heavy atom. The van der Waals surface area contributed by atoms with Crippen LogP contribution in [0.5, 0.6) is 0 Å². The lowest BCUT2D eigenvalue weighted by molar-refractivity contribution is -0.253. The van der Waals surface area contributed by atoms with Gasteiger partial charge in [-0.15, -0.1) is 0 Å². The average molecular weight is 757 g/mol. The molecular weight excluding hydrogens is 689 g/mol. The van der Waals surface area contributed by atoms with Crippen LogP contribution in [-0.2, 0) is 25.7 Å². The van der Waals surface area contributed by atoms with E-state index >= 15 is 0 Å². The molecule has 5 N–H and O–H groups in total. The van der Waals surface area contributed by atoms with E-state index in [2.05, 4.69) is 41.5 Å². The van der Waals surface area contributed by atoms with E-state index in [-0.39, 0.29) is 30.6 Å². The fourth-order valence-electron chi connectivity index (χ4n) is 7.23. The number of unbranched alkanes of at least 4 members (excludes halogenated alkanes) is 11. The van der Waals surface area contributed by atoms with Gasteiger partial charge in [0.25, 0.3) is 0 Å². The Morgan fingerprint density at radius 3 is 1.96 bits per heavy atom. The van der Waals surface area contributed by atoms with Gasteiger partial charge in [-0.2, -0.15) is 0 Å². The van der Waals surface area contributed by atoms with Crippen LogP contribution in [0.3, 0.4) is 0 Å². The molecule has 0 spiro atoms. The number of carbonyl (C=O) groups is 2. The van der Waals surface area contributed by atoms with Crippen molar-refractivity contribution in [2.75, 3.05) is 36.0 Å². The third kappa shape index (κ3) is 16.5. The molecule has 0 aliphatic carbocycles. The average Bonchev–Trinajstić information content (AvgIpc) is 3.20. The van der Waals surface area contributed by atoms with Gasteiger partial charge < -0.3 is 35.8 Å². The minimum Gasteiger partial charge on any atom is -0.397 e. The summed E-state index contributed by atoms with van der Waals surface area (Å²) in [6.07, 6.45) is 17.1. The molecule has 3 aromatic rings. The van der Waals surface area contributed by atoms with E-state index in [0.29, 0.717) is 42.7 Å². The van der Waals surface area contributed by atoms with Crippen LogP contribution in [0.15, 0.2) is 72.8 Å². The number of rotatable bonds is 26. The summed E-state index contributed by atoms with van der Waals surface area (Å²) in [5.41, 5.74) is 10.5. The lowest BCUT2D eigenvalue weighted by atomic mass is 9.99. The van der Waals surface area contributed by atoms with E-state index in [1.165, 1.54) is 77.0 Å². The Morgan fingerprint density at radius 2 is 1.33 bits per heavy atom. The van der Waals surface area contributed by atoms with Gasteiger partial charge in [0.05, 0.1) is 30.2 Å². The summed E-state index contributed by atoms with van der Waals surface area (Å²) in [7, 11) is 0. The van der Waals surface area contributed by atoms with Crippen molar-refractivity contribution in [1.82, 2.24) is 4.90 Å². The van der Waals surface area contributed by atoms with Crippen LogP contribution in [0.1, 0.15) is 152 Å². The number of nitrogens with two attached hydrogens (primary N) is 1. The summed E-state index contributed by atoms with van der Waals surface area (Å²) in [6, 6.07) is 23.0. The topological polar surface area (TPSA) is 126 Å². The molecule has 55 heavy (non-hydrogen) atoms. The molecule has 302 valence electrons. The lowest BCUT2D eigenvalue weighted by Gasteiger charge is -2.38. The lowest BCUT2D eigenvalue weighted by Crippen LogP contribution is -2.40. The van der Waals surface area contributed by atoms with Crippen molar-refractivity contribution in [3.63, 3.8) is 0 Å². The zero-order valence-corrected chi connectivity index (χ0v) is 33.6. The summed E-state index contributed by atoms with van der Waals surface area (Å²) in [4.78, 5) is 28.0. The maximum Gasteiger partial charge on any atom is 0.224 e. The van der Waals surface area contributed by atoms with Gasteiger partial charge in [0.1, 0.15) is 0 Å². The molecule has 1 fully saturated rings. The number of hydrogen-bond acceptors (Lipinski definition) is 7. The molecule has 0 radical (unpaired) electrons. The highest BCUT2D eigenvalue weighted by Crippen LogP contribution is 2.39. The number of amides is 2. The minimum atomic E-state index is -0.597. The van der Waals surface area contributed by atoms with Gasteiger partial charge in [-0.05, 0) is 74.2 Å². The number of carbonyl (C=O) groups excluding carboxylic acids is 2. The van der Waals surface area contributed by atoms with Crippen molar-refractivity contribution in [1.29, 1.82) is 0 Å². The van der Waals surface area contributed by atoms with Crippen LogP contribution in [-0.4, -0.2) is 47.6 Å². The first-order valence-electron chi connectivity index (χ1n) is 21.2. The molecule has 1 heterocycles. The molecule has 3 atom stereocenters. The number of para-hydroxylation sites is 2. The number of hydrogen-bond donors (Lipinski definition) is 4. The number of aliphatic hydroxyl groups excluding tert-OH is 1. The van der Waals surface area contributed by atoms with Crippen molar-refractivity contribution in [2.24, 2.45) is 0 Å². The quantitative estimate of drug-likeness (QED) is 0.0474. The molecule has 0 bridgehead atoms. The van der Waals surface area contributed by atoms with Crippen LogP contribution in [0, 0.1) is 0 Å². The van der Waals surface area contributed by atoms with Crippen LogP contribution in [0.25, 0.3) is 0 Å². The highest BCUT2D eigenvalue weighted by molar-refractivity contribution is 5.94. The molecule has 0 aromatic heterocycles. The summed E-state index contributed by atoms with van der Waals surface area (Å²) in [6.45, 7) is 7.54. The van der Waals surface area contributed by atoms with E-state index in [1.54, 1.807) is 12.1 Å². The van der Waals surface area contributed by atoms with Gasteiger partial charge in [0.15, 0.2) is 6.29 Å². The molecule has 1 aliphatic rings. The third-order valence-electron chi connectivity index (χ3n) is 10.5. The fourth-order valence-corrected chi connectivity index (χ4v) is 7.23. The predicted octanol–water partition coefficient (Wildman–Crippen LogP) is 10.5. The molecule has 1 saturated heterocycles. The maximum atomic E-state index is 12.9. The van der Waals surface area contributed by atoms with Crippen molar-refractivity contribution >= 4 is 28.9 Å². The van der Waals surface area contributed by atoms with Gasteiger partial charge >= 0.3 is 0 Å². The fraction of sp³-hybridized carbons (Fsp3) is 0.565. The van der Waals surface area contributed by atoms with E-state index in [4.69, 9.17) is 15.2 Å². The highest BCUT2D eigenvalue weighted by atomic mass is 16.7. The summed E-state index contributed by atoms with van der Waals surface area (Å²) < 4.78 is 13.4. The van der Waals surface area contributed by atoms with Crippen LogP contribution >= 0.6 is 0 Å². The Bertz CT molecular complexity index is 1520. The molecule has 9 heteroatoms. The second kappa shape index (κ2) is 25.4. The van der Waals surface area contributed by atoms with Crippen LogP contribution < -0.4 is 16.4 Å². The van der Waals surface area contributed by atoms with Crippen LogP contribution in [0.4, 0.5) is 17.1 Å². The second-order valence-corrected chi connectivity index (χ2v) is 15.2. The van der Waals surface area contributed by atoms with Gasteiger partial charge in [0, 0.05) is 37.1 Å². The highest BCUT2D eigenvalue weighted by Gasteiger charge is 2.33. The third-order valence-corrected chi connectivity index (χ3v) is 10.5. The molecule has 0 saturated carbocycles. The maximum absolute atomic E-state index is 12.9. The molecule has 3 aromatic carbocycles. The second-order valence-electron chi connectivity index (χ2n) is 15.2. The molecule has 4 rings (SSSR count). The molecular formula is C46H68N4O5. The first-order valence-corrected chi connectivity index (χ1v) is 21.2. The molecule has 9 nitrogen and oxygen atoms in total. The van der Waals surface area contributed by atoms with Gasteiger partial charge in [-0.3, -0.25) is 9.59 Å². The van der Waals surface area contributed by atoms with Gasteiger partial charge in [-0.1, -0.05) is 127 Å². The van der Waals surface area contributed by atoms with E-state index in [1.807, 2.05) is 48.5 Å². The number of ether oxygens (including phenoxy) is 2. The predicted molar refractivity (Wildman–Crippen MR) is 225 cm³/mol. The largest absolute Gasteiger partial charge is 0.397 e. The number of nitrogen functional groups attached to an aromatic ring is 1. The summed E-state index contributed by atoms with van der Waals surface area (Å²) in [5.74, 6) is -0.220. The first kappa shape index (κ1) is 44.0. The van der Waals surface area contributed by atoms with E-state index in [0.717, 1.165) is 42.7 Å². The normalized spacial score (nSPS) is 17.0. The Kier molecular flexibility index (Phi) is 20.3. The van der Waals surface area contributed by atoms with Crippen LogP contribution in [0.2, 0.25) is 0 Å². The van der Waals surface area contributed by atoms with E-state index < -0.39 is 6.29 Å². The zero-order valence-electron chi connectivity index (χ0n) is 33.6. The summed E-state index contributed by atoms with van der Waals surface area (Å²) in [5, 5.41) is 15.5. The Hall–Kier alpha value is -3.76. The number of nitrogens with one attached hydrogen (secondary N) is 2. The number of nitrogens with zero attached hydrogens (tertiary/aromatic N) is 1. The monoisotopic (exact) mass is 757 g/mol.